The van der Waals surface area contributed by atoms with E-state index in [0.717, 1.165) is 37.2 Å². The van der Waals surface area contributed by atoms with Gasteiger partial charge in [0.2, 0.25) is 0 Å². The fraction of sp³-hybridized carbons (Fsp3) is 0.533. The number of hydrogen-bond acceptors (Lipinski definition) is 2. The molecule has 0 spiro atoms. The number of carbonyl (C=O) groups excluding carboxylic acids is 1. The van der Waals surface area contributed by atoms with Gasteiger partial charge in [-0.25, -0.2) is 0 Å². The molecule has 0 N–H and O–H groups in total. The van der Waals surface area contributed by atoms with Gasteiger partial charge < -0.3 is 4.90 Å². The molecule has 2 rings (SSSR count). The van der Waals surface area contributed by atoms with Crippen molar-refractivity contribution in [2.45, 2.75) is 26.7 Å². The highest BCUT2D eigenvalue weighted by atomic mass is 32.1. The second-order valence-electron chi connectivity index (χ2n) is 5.81. The molecule has 0 unspecified atom stereocenters. The molecule has 0 atom stereocenters. The quantitative estimate of drug-likeness (QED) is 0.831. The summed E-state index contributed by atoms with van der Waals surface area (Å²) < 4.78 is 0. The molecule has 1 heterocycles. The zero-order valence-corrected chi connectivity index (χ0v) is 12.0. The minimum absolute atomic E-state index is 0.0675. The molecule has 98 valence electrons. The van der Waals surface area contributed by atoms with Crippen LogP contribution in [-0.4, -0.2) is 29.6 Å². The van der Waals surface area contributed by atoms with Crippen molar-refractivity contribution in [3.8, 4) is 0 Å². The molecule has 1 amide bonds. The first-order valence-corrected chi connectivity index (χ1v) is 7.15. The molecule has 0 saturated heterocycles. The van der Waals surface area contributed by atoms with E-state index in [1.807, 2.05) is 23.1 Å². The SMILES string of the molecule is CC(C)(CS)CN1CCCc2ccccc2C1=O. The summed E-state index contributed by atoms with van der Waals surface area (Å²) in [7, 11) is 0. The zero-order chi connectivity index (χ0) is 13.2. The fourth-order valence-electron chi connectivity index (χ4n) is 2.40. The van der Waals surface area contributed by atoms with Crippen LogP contribution in [0.4, 0.5) is 0 Å². The van der Waals surface area contributed by atoms with Crippen molar-refractivity contribution in [1.82, 2.24) is 4.90 Å². The fourth-order valence-corrected chi connectivity index (χ4v) is 2.50. The van der Waals surface area contributed by atoms with Crippen LogP contribution in [0.1, 0.15) is 36.2 Å². The van der Waals surface area contributed by atoms with Gasteiger partial charge in [0.15, 0.2) is 0 Å². The zero-order valence-electron chi connectivity index (χ0n) is 11.1. The summed E-state index contributed by atoms with van der Waals surface area (Å²) in [6.45, 7) is 5.95. The van der Waals surface area contributed by atoms with Crippen molar-refractivity contribution in [1.29, 1.82) is 0 Å². The maximum atomic E-state index is 12.5. The highest BCUT2D eigenvalue weighted by Gasteiger charge is 2.27. The van der Waals surface area contributed by atoms with Gasteiger partial charge in [-0.3, -0.25) is 4.79 Å². The number of aryl methyl sites for hydroxylation is 1. The van der Waals surface area contributed by atoms with Crippen LogP contribution in [0.3, 0.4) is 0 Å². The van der Waals surface area contributed by atoms with E-state index in [4.69, 9.17) is 0 Å². The Morgan fingerprint density at radius 1 is 1.33 bits per heavy atom. The molecular weight excluding hydrogens is 242 g/mol. The average molecular weight is 263 g/mol. The van der Waals surface area contributed by atoms with Crippen LogP contribution in [0, 0.1) is 5.41 Å². The lowest BCUT2D eigenvalue weighted by Crippen LogP contribution is -2.39. The van der Waals surface area contributed by atoms with Crippen molar-refractivity contribution >= 4 is 18.5 Å². The molecule has 1 aliphatic rings. The first-order chi connectivity index (χ1) is 8.53. The monoisotopic (exact) mass is 263 g/mol. The van der Waals surface area contributed by atoms with Gasteiger partial charge >= 0.3 is 0 Å². The highest BCUT2D eigenvalue weighted by Crippen LogP contribution is 2.24. The maximum absolute atomic E-state index is 12.5. The summed E-state index contributed by atoms with van der Waals surface area (Å²) in [5.41, 5.74) is 2.14. The molecule has 0 aromatic heterocycles. The Hall–Kier alpha value is -0.960. The van der Waals surface area contributed by atoms with Crippen LogP contribution in [0.5, 0.6) is 0 Å². The Balaban J connectivity index is 2.23. The first-order valence-electron chi connectivity index (χ1n) is 6.51. The summed E-state index contributed by atoms with van der Waals surface area (Å²) in [6.07, 6.45) is 2.05. The maximum Gasteiger partial charge on any atom is 0.254 e. The van der Waals surface area contributed by atoms with Gasteiger partial charge in [0.25, 0.3) is 5.91 Å². The molecule has 18 heavy (non-hydrogen) atoms. The largest absolute Gasteiger partial charge is 0.338 e. The molecule has 0 bridgehead atoms. The van der Waals surface area contributed by atoms with Crippen molar-refractivity contribution in [2.24, 2.45) is 5.41 Å². The summed E-state index contributed by atoms with van der Waals surface area (Å²) in [5.74, 6) is 0.969. The Labute approximate surface area is 115 Å². The van der Waals surface area contributed by atoms with E-state index in [0.29, 0.717) is 0 Å². The van der Waals surface area contributed by atoms with E-state index < -0.39 is 0 Å². The lowest BCUT2D eigenvalue weighted by molar-refractivity contribution is 0.0704. The van der Waals surface area contributed by atoms with Crippen molar-refractivity contribution in [3.63, 3.8) is 0 Å². The van der Waals surface area contributed by atoms with Gasteiger partial charge in [-0.1, -0.05) is 32.0 Å². The first kappa shape index (κ1) is 13.5. The van der Waals surface area contributed by atoms with Gasteiger partial charge in [-0.2, -0.15) is 12.6 Å². The van der Waals surface area contributed by atoms with Crippen LogP contribution < -0.4 is 0 Å². The van der Waals surface area contributed by atoms with Gasteiger partial charge in [0.1, 0.15) is 0 Å². The Bertz CT molecular complexity index is 442. The van der Waals surface area contributed by atoms with E-state index in [2.05, 4.69) is 32.5 Å². The molecule has 1 aliphatic heterocycles. The lowest BCUT2D eigenvalue weighted by Gasteiger charge is -2.31. The van der Waals surface area contributed by atoms with E-state index in [1.54, 1.807) is 0 Å². The topological polar surface area (TPSA) is 20.3 Å². The average Bonchev–Trinajstić information content (AvgIpc) is 2.51. The third-order valence-electron chi connectivity index (χ3n) is 3.46. The van der Waals surface area contributed by atoms with E-state index >= 15 is 0 Å². The number of amides is 1. The Morgan fingerprint density at radius 3 is 2.78 bits per heavy atom. The molecule has 0 fully saturated rings. The summed E-state index contributed by atoms with van der Waals surface area (Å²) in [5, 5.41) is 0. The van der Waals surface area contributed by atoms with Crippen LogP contribution >= 0.6 is 12.6 Å². The molecule has 0 saturated carbocycles. The molecule has 1 aromatic rings. The van der Waals surface area contributed by atoms with Crippen LogP contribution in [0.15, 0.2) is 24.3 Å². The summed E-state index contributed by atoms with van der Waals surface area (Å²) >= 11 is 4.37. The number of hydrogen-bond donors (Lipinski definition) is 1. The standard InChI is InChI=1S/C15H21NOS/c1-15(2,11-18)10-16-9-5-7-12-6-3-4-8-13(12)14(16)17/h3-4,6,8,18H,5,7,9-11H2,1-2H3. The Kier molecular flexibility index (Phi) is 4.00. The smallest absolute Gasteiger partial charge is 0.254 e. The van der Waals surface area contributed by atoms with Gasteiger partial charge in [-0.15, -0.1) is 0 Å². The van der Waals surface area contributed by atoms with Crippen molar-refractivity contribution < 1.29 is 4.79 Å². The molecule has 3 heteroatoms. The van der Waals surface area contributed by atoms with Crippen molar-refractivity contribution in [3.05, 3.63) is 35.4 Å². The second-order valence-corrected chi connectivity index (χ2v) is 6.13. The van der Waals surface area contributed by atoms with Crippen molar-refractivity contribution in [2.75, 3.05) is 18.8 Å². The van der Waals surface area contributed by atoms with Gasteiger partial charge in [0.05, 0.1) is 0 Å². The lowest BCUT2D eigenvalue weighted by atomic mass is 9.95. The number of fused-ring (bicyclic) bond motifs is 1. The minimum Gasteiger partial charge on any atom is -0.338 e. The number of nitrogens with zero attached hydrogens (tertiary/aromatic N) is 1. The molecule has 2 nitrogen and oxygen atoms in total. The number of thiol groups is 1. The third-order valence-corrected chi connectivity index (χ3v) is 4.31. The van der Waals surface area contributed by atoms with Crippen LogP contribution in [-0.2, 0) is 6.42 Å². The second kappa shape index (κ2) is 5.35. The molecular formula is C15H21NOS. The molecule has 0 radical (unpaired) electrons. The van der Waals surface area contributed by atoms with E-state index in [9.17, 15) is 4.79 Å². The Morgan fingerprint density at radius 2 is 2.06 bits per heavy atom. The van der Waals surface area contributed by atoms with E-state index in [1.165, 1.54) is 5.56 Å². The number of carbonyl (C=O) groups is 1. The van der Waals surface area contributed by atoms with E-state index in [-0.39, 0.29) is 11.3 Å². The molecule has 1 aromatic carbocycles. The van der Waals surface area contributed by atoms with Crippen LogP contribution in [0.2, 0.25) is 0 Å². The van der Waals surface area contributed by atoms with Gasteiger partial charge in [-0.05, 0) is 35.6 Å². The normalized spacial score (nSPS) is 16.4. The highest BCUT2D eigenvalue weighted by molar-refractivity contribution is 7.80. The number of benzene rings is 1. The predicted octanol–water partition coefficient (Wildman–Crippen LogP) is 3.03. The summed E-state index contributed by atoms with van der Waals surface area (Å²) in [4.78, 5) is 14.5. The third kappa shape index (κ3) is 2.89. The molecule has 0 aliphatic carbocycles. The number of rotatable bonds is 3. The minimum atomic E-state index is 0.0675. The van der Waals surface area contributed by atoms with Gasteiger partial charge in [0, 0.05) is 18.7 Å². The summed E-state index contributed by atoms with van der Waals surface area (Å²) in [6, 6.07) is 7.98. The van der Waals surface area contributed by atoms with Crippen LogP contribution in [0.25, 0.3) is 0 Å². The predicted molar refractivity (Wildman–Crippen MR) is 78.3 cm³/mol.